The highest BCUT2D eigenvalue weighted by molar-refractivity contribution is 6.31. The third-order valence-electron chi connectivity index (χ3n) is 3.01. The van der Waals surface area contributed by atoms with Crippen LogP contribution in [0.2, 0.25) is 5.02 Å². The van der Waals surface area contributed by atoms with Gasteiger partial charge in [0, 0.05) is 5.69 Å². The van der Waals surface area contributed by atoms with Crippen LogP contribution in [-0.4, -0.2) is 19.2 Å². The molecule has 2 aromatic rings. The number of amides is 2. The van der Waals surface area contributed by atoms with Crippen molar-refractivity contribution < 1.29 is 27.1 Å². The minimum absolute atomic E-state index is 0.0111. The maximum absolute atomic E-state index is 13.3. The van der Waals surface area contributed by atoms with Gasteiger partial charge >= 0.3 is 12.2 Å². The summed E-state index contributed by atoms with van der Waals surface area (Å²) in [6.07, 6.45) is -4.63. The summed E-state index contributed by atoms with van der Waals surface area (Å²) in [5, 5.41) is 4.17. The van der Waals surface area contributed by atoms with Gasteiger partial charge in [0.25, 0.3) is 0 Å². The molecule has 25 heavy (non-hydrogen) atoms. The standard InChI is InChI=1S/C16H13ClF4N2O2/c17-12-6-5-10(9-11(12)16(19,20)21)23-15(24)22-7-8-25-14-4-2-1-3-13(14)18/h1-6,9H,7-8H2,(H2,22,23,24). The predicted octanol–water partition coefficient (Wildman–Crippen LogP) is 4.70. The van der Waals surface area contributed by atoms with E-state index in [0.717, 1.165) is 12.1 Å². The molecule has 0 radical (unpaired) electrons. The van der Waals surface area contributed by atoms with E-state index in [4.69, 9.17) is 16.3 Å². The molecule has 0 aliphatic rings. The van der Waals surface area contributed by atoms with E-state index in [2.05, 4.69) is 10.6 Å². The zero-order chi connectivity index (χ0) is 18.4. The lowest BCUT2D eigenvalue weighted by atomic mass is 10.2. The van der Waals surface area contributed by atoms with Gasteiger partial charge in [-0.15, -0.1) is 0 Å². The average Bonchev–Trinajstić information content (AvgIpc) is 2.54. The van der Waals surface area contributed by atoms with Crippen LogP contribution in [0.3, 0.4) is 0 Å². The first-order valence-electron chi connectivity index (χ1n) is 7.06. The number of carbonyl (C=O) groups is 1. The van der Waals surface area contributed by atoms with Gasteiger partial charge in [0.05, 0.1) is 17.1 Å². The van der Waals surface area contributed by atoms with Gasteiger partial charge in [0.2, 0.25) is 0 Å². The SMILES string of the molecule is O=C(NCCOc1ccccc1F)Nc1ccc(Cl)c(C(F)(F)F)c1. The maximum atomic E-state index is 13.3. The molecule has 0 fully saturated rings. The van der Waals surface area contributed by atoms with Crippen molar-refractivity contribution in [2.45, 2.75) is 6.18 Å². The highest BCUT2D eigenvalue weighted by atomic mass is 35.5. The molecule has 0 aromatic heterocycles. The summed E-state index contributed by atoms with van der Waals surface area (Å²) in [7, 11) is 0. The van der Waals surface area contributed by atoms with Crippen LogP contribution in [0.15, 0.2) is 42.5 Å². The number of carbonyl (C=O) groups excluding carboxylic acids is 1. The Kier molecular flexibility index (Phi) is 6.08. The van der Waals surface area contributed by atoms with Gasteiger partial charge in [-0.1, -0.05) is 23.7 Å². The topological polar surface area (TPSA) is 50.4 Å². The summed E-state index contributed by atoms with van der Waals surface area (Å²) in [6, 6.07) is 8.06. The van der Waals surface area contributed by atoms with E-state index < -0.39 is 28.6 Å². The van der Waals surface area contributed by atoms with Crippen molar-refractivity contribution >= 4 is 23.3 Å². The fraction of sp³-hybridized carbons (Fsp3) is 0.188. The van der Waals surface area contributed by atoms with Gasteiger partial charge in [-0.2, -0.15) is 13.2 Å². The molecule has 0 aliphatic heterocycles. The molecule has 0 saturated heterocycles. The van der Waals surface area contributed by atoms with Crippen LogP contribution in [0, 0.1) is 5.82 Å². The number of halogens is 5. The Morgan fingerprint density at radius 3 is 2.56 bits per heavy atom. The second kappa shape index (κ2) is 8.06. The first-order chi connectivity index (χ1) is 11.8. The Labute approximate surface area is 145 Å². The van der Waals surface area contributed by atoms with Crippen LogP contribution >= 0.6 is 11.6 Å². The van der Waals surface area contributed by atoms with Gasteiger partial charge in [-0.3, -0.25) is 0 Å². The number of urea groups is 1. The fourth-order valence-corrected chi connectivity index (χ4v) is 2.11. The number of ether oxygens (including phenoxy) is 1. The predicted molar refractivity (Wildman–Crippen MR) is 85.4 cm³/mol. The maximum Gasteiger partial charge on any atom is 0.417 e. The molecule has 0 saturated carbocycles. The zero-order valence-corrected chi connectivity index (χ0v) is 13.4. The molecule has 2 amide bonds. The van der Waals surface area contributed by atoms with Crippen molar-refractivity contribution in [3.8, 4) is 5.75 Å². The summed E-state index contributed by atoms with van der Waals surface area (Å²) in [5.41, 5.74) is -1.11. The Morgan fingerprint density at radius 1 is 1.16 bits per heavy atom. The number of alkyl halides is 3. The fourth-order valence-electron chi connectivity index (χ4n) is 1.88. The number of anilines is 1. The minimum Gasteiger partial charge on any atom is -0.489 e. The first-order valence-corrected chi connectivity index (χ1v) is 7.44. The van der Waals surface area contributed by atoms with Crippen LogP contribution in [0.25, 0.3) is 0 Å². The van der Waals surface area contributed by atoms with E-state index in [1.165, 1.54) is 24.3 Å². The Bertz CT molecular complexity index is 753. The minimum atomic E-state index is -4.63. The molecule has 0 bridgehead atoms. The summed E-state index contributed by atoms with van der Waals surface area (Å²) in [4.78, 5) is 11.7. The monoisotopic (exact) mass is 376 g/mol. The molecule has 0 spiro atoms. The molecule has 2 N–H and O–H groups in total. The molecule has 0 atom stereocenters. The van der Waals surface area contributed by atoms with Crippen molar-refractivity contribution in [3.05, 3.63) is 58.9 Å². The number of benzene rings is 2. The van der Waals surface area contributed by atoms with E-state index in [1.54, 1.807) is 6.07 Å². The van der Waals surface area contributed by atoms with Crippen LogP contribution in [0.4, 0.5) is 28.0 Å². The lowest BCUT2D eigenvalue weighted by molar-refractivity contribution is -0.137. The van der Waals surface area contributed by atoms with Crippen molar-refractivity contribution in [3.63, 3.8) is 0 Å². The van der Waals surface area contributed by atoms with Gasteiger partial charge < -0.3 is 15.4 Å². The van der Waals surface area contributed by atoms with Crippen LogP contribution < -0.4 is 15.4 Å². The highest BCUT2D eigenvalue weighted by Gasteiger charge is 2.33. The number of rotatable bonds is 5. The van der Waals surface area contributed by atoms with E-state index in [0.29, 0.717) is 0 Å². The van der Waals surface area contributed by atoms with Crippen LogP contribution in [-0.2, 0) is 6.18 Å². The Balaban J connectivity index is 1.84. The number of hydrogen-bond donors (Lipinski definition) is 2. The Morgan fingerprint density at radius 2 is 1.88 bits per heavy atom. The van der Waals surface area contributed by atoms with Gasteiger partial charge in [-0.25, -0.2) is 9.18 Å². The molecule has 9 heteroatoms. The van der Waals surface area contributed by atoms with Gasteiger partial charge in [-0.05, 0) is 30.3 Å². The highest BCUT2D eigenvalue weighted by Crippen LogP contribution is 2.36. The third-order valence-corrected chi connectivity index (χ3v) is 3.34. The second-order valence-corrected chi connectivity index (χ2v) is 5.26. The van der Waals surface area contributed by atoms with Gasteiger partial charge in [0.1, 0.15) is 6.61 Å². The first kappa shape index (κ1) is 18.9. The zero-order valence-electron chi connectivity index (χ0n) is 12.7. The van der Waals surface area contributed by atoms with Crippen LogP contribution in [0.5, 0.6) is 5.75 Å². The quantitative estimate of drug-likeness (QED) is 0.587. The molecular weight excluding hydrogens is 364 g/mol. The van der Waals surface area contributed by atoms with E-state index in [1.807, 2.05) is 0 Å². The molecule has 134 valence electrons. The van der Waals surface area contributed by atoms with Crippen molar-refractivity contribution in [1.82, 2.24) is 5.32 Å². The largest absolute Gasteiger partial charge is 0.489 e. The van der Waals surface area contributed by atoms with Crippen molar-refractivity contribution in [2.24, 2.45) is 0 Å². The summed E-state index contributed by atoms with van der Waals surface area (Å²) >= 11 is 5.50. The molecule has 4 nitrogen and oxygen atoms in total. The van der Waals surface area contributed by atoms with Crippen molar-refractivity contribution in [2.75, 3.05) is 18.5 Å². The van der Waals surface area contributed by atoms with Gasteiger partial charge in [0.15, 0.2) is 11.6 Å². The molecule has 0 heterocycles. The molecule has 0 aliphatic carbocycles. The van der Waals surface area contributed by atoms with E-state index >= 15 is 0 Å². The summed E-state index contributed by atoms with van der Waals surface area (Å²) in [6.45, 7) is 0.0165. The van der Waals surface area contributed by atoms with E-state index in [9.17, 15) is 22.4 Å². The normalized spacial score (nSPS) is 11.1. The molecule has 0 unspecified atom stereocenters. The average molecular weight is 377 g/mol. The smallest absolute Gasteiger partial charge is 0.417 e. The number of nitrogens with one attached hydrogen (secondary N) is 2. The molecule has 2 rings (SSSR count). The molecule has 2 aromatic carbocycles. The lowest BCUT2D eigenvalue weighted by Crippen LogP contribution is -2.32. The Hall–Kier alpha value is -2.48. The molecular formula is C16H13ClF4N2O2. The second-order valence-electron chi connectivity index (χ2n) is 4.85. The lowest BCUT2D eigenvalue weighted by Gasteiger charge is -2.12. The number of hydrogen-bond acceptors (Lipinski definition) is 2. The third kappa shape index (κ3) is 5.53. The summed E-state index contributed by atoms with van der Waals surface area (Å²) in [5.74, 6) is -0.495. The number of para-hydroxylation sites is 1. The van der Waals surface area contributed by atoms with Crippen molar-refractivity contribution in [1.29, 1.82) is 0 Å². The van der Waals surface area contributed by atoms with E-state index in [-0.39, 0.29) is 24.6 Å². The van der Waals surface area contributed by atoms with Crippen LogP contribution in [0.1, 0.15) is 5.56 Å². The summed E-state index contributed by atoms with van der Waals surface area (Å²) < 4.78 is 56.7.